The van der Waals surface area contributed by atoms with Crippen LogP contribution in [0, 0.1) is 25.6 Å². The molecule has 1 atom stereocenters. The highest BCUT2D eigenvalue weighted by Crippen LogP contribution is 2.25. The zero-order valence-electron chi connectivity index (χ0n) is 15.2. The fourth-order valence-corrected chi connectivity index (χ4v) is 3.65. The number of amides is 1. The van der Waals surface area contributed by atoms with Crippen molar-refractivity contribution in [3.63, 3.8) is 0 Å². The molecule has 0 bridgehead atoms. The fourth-order valence-electron chi connectivity index (χ4n) is 3.43. The van der Waals surface area contributed by atoms with Crippen LogP contribution in [0.3, 0.4) is 0 Å². The lowest BCUT2D eigenvalue weighted by Gasteiger charge is -2.32. The van der Waals surface area contributed by atoms with E-state index in [9.17, 15) is 9.18 Å². The van der Waals surface area contributed by atoms with Gasteiger partial charge in [-0.05, 0) is 62.6 Å². The second kappa shape index (κ2) is 8.19. The zero-order chi connectivity index (χ0) is 18.7. The van der Waals surface area contributed by atoms with E-state index >= 15 is 0 Å². The van der Waals surface area contributed by atoms with Crippen molar-refractivity contribution in [2.75, 3.05) is 18.4 Å². The summed E-state index contributed by atoms with van der Waals surface area (Å²) in [6, 6.07) is 10.8. The normalized spacial score (nSPS) is 17.9. The predicted octanol–water partition coefficient (Wildman–Crippen LogP) is 4.95. The molecule has 3 nitrogen and oxygen atoms in total. The minimum Gasteiger partial charge on any atom is -0.326 e. The second-order valence-electron chi connectivity index (χ2n) is 7.08. The number of nitrogens with zero attached hydrogens (tertiary/aromatic N) is 1. The standard InChI is InChI=1S/C21H24ClFN2O/c1-14-8-9-15(2)20(11-14)24-21(26)16-5-4-10-25(12-16)13-17-18(22)6-3-7-19(17)23/h3,6-9,11,16H,4-5,10,12-13H2,1-2H3,(H,24,26). The lowest BCUT2D eigenvalue weighted by molar-refractivity contribution is -0.121. The van der Waals surface area contributed by atoms with Gasteiger partial charge in [-0.2, -0.15) is 0 Å². The summed E-state index contributed by atoms with van der Waals surface area (Å²) in [6.45, 7) is 5.88. The van der Waals surface area contributed by atoms with Gasteiger partial charge < -0.3 is 5.32 Å². The second-order valence-corrected chi connectivity index (χ2v) is 7.49. The Morgan fingerprint density at radius 1 is 1.31 bits per heavy atom. The van der Waals surface area contributed by atoms with Crippen LogP contribution in [0.5, 0.6) is 0 Å². The first kappa shape index (κ1) is 18.9. The van der Waals surface area contributed by atoms with Crippen LogP contribution in [0.4, 0.5) is 10.1 Å². The van der Waals surface area contributed by atoms with Crippen molar-refractivity contribution >= 4 is 23.2 Å². The van der Waals surface area contributed by atoms with E-state index in [0.717, 1.165) is 36.2 Å². The van der Waals surface area contributed by atoms with Gasteiger partial charge in [-0.3, -0.25) is 9.69 Å². The minimum atomic E-state index is -0.292. The van der Waals surface area contributed by atoms with E-state index in [0.29, 0.717) is 23.7 Å². The van der Waals surface area contributed by atoms with Crippen molar-refractivity contribution in [1.82, 2.24) is 4.90 Å². The number of benzene rings is 2. The Kier molecular flexibility index (Phi) is 5.94. The number of halogens is 2. The van der Waals surface area contributed by atoms with Crippen molar-refractivity contribution in [2.45, 2.75) is 33.2 Å². The molecule has 0 aliphatic carbocycles. The third-order valence-electron chi connectivity index (χ3n) is 4.97. The molecule has 1 aliphatic heterocycles. The molecule has 0 radical (unpaired) electrons. The molecule has 2 aromatic rings. The molecule has 3 rings (SSSR count). The summed E-state index contributed by atoms with van der Waals surface area (Å²) >= 11 is 6.14. The smallest absolute Gasteiger partial charge is 0.228 e. The van der Waals surface area contributed by atoms with E-state index < -0.39 is 0 Å². The summed E-state index contributed by atoms with van der Waals surface area (Å²) in [4.78, 5) is 14.8. The first-order valence-electron chi connectivity index (χ1n) is 8.97. The fraction of sp³-hybridized carbons (Fsp3) is 0.381. The average molecular weight is 375 g/mol. The summed E-state index contributed by atoms with van der Waals surface area (Å²) in [5.74, 6) is -0.364. The molecule has 1 heterocycles. The number of carbonyl (C=O) groups is 1. The largest absolute Gasteiger partial charge is 0.326 e. The van der Waals surface area contributed by atoms with Gasteiger partial charge in [0.2, 0.25) is 5.91 Å². The molecule has 0 saturated carbocycles. The highest BCUT2D eigenvalue weighted by Gasteiger charge is 2.27. The number of likely N-dealkylation sites (tertiary alicyclic amines) is 1. The first-order chi connectivity index (χ1) is 12.4. The van der Waals surface area contributed by atoms with Gasteiger partial charge in [0.15, 0.2) is 0 Å². The van der Waals surface area contributed by atoms with Crippen LogP contribution in [0.1, 0.15) is 29.5 Å². The summed E-state index contributed by atoms with van der Waals surface area (Å²) in [7, 11) is 0. The lowest BCUT2D eigenvalue weighted by Crippen LogP contribution is -2.40. The Morgan fingerprint density at radius 2 is 2.12 bits per heavy atom. The molecule has 0 aromatic heterocycles. The number of nitrogens with one attached hydrogen (secondary N) is 1. The van der Waals surface area contributed by atoms with Crippen molar-refractivity contribution in [3.05, 3.63) is 63.9 Å². The number of hydrogen-bond donors (Lipinski definition) is 1. The van der Waals surface area contributed by atoms with E-state index in [1.54, 1.807) is 12.1 Å². The highest BCUT2D eigenvalue weighted by atomic mass is 35.5. The molecule has 1 fully saturated rings. The van der Waals surface area contributed by atoms with Crippen LogP contribution in [-0.2, 0) is 11.3 Å². The Morgan fingerprint density at radius 3 is 2.88 bits per heavy atom. The molecule has 138 valence electrons. The van der Waals surface area contributed by atoms with Gasteiger partial charge in [0.05, 0.1) is 5.92 Å². The zero-order valence-corrected chi connectivity index (χ0v) is 15.9. The Balaban J connectivity index is 1.66. The van der Waals surface area contributed by atoms with Gasteiger partial charge in [-0.15, -0.1) is 0 Å². The van der Waals surface area contributed by atoms with Crippen LogP contribution in [0.15, 0.2) is 36.4 Å². The minimum absolute atomic E-state index is 0.0306. The van der Waals surface area contributed by atoms with Crippen LogP contribution < -0.4 is 5.32 Å². The summed E-state index contributed by atoms with van der Waals surface area (Å²) in [5, 5.41) is 3.50. The Labute approximate surface area is 159 Å². The van der Waals surface area contributed by atoms with Gasteiger partial charge in [0, 0.05) is 29.4 Å². The van der Waals surface area contributed by atoms with E-state index in [1.807, 2.05) is 32.0 Å². The molecule has 1 saturated heterocycles. The number of anilines is 1. The number of carbonyl (C=O) groups excluding carboxylic acids is 1. The molecular weight excluding hydrogens is 351 g/mol. The molecule has 26 heavy (non-hydrogen) atoms. The molecule has 1 amide bonds. The Hall–Kier alpha value is -1.91. The van der Waals surface area contributed by atoms with Crippen molar-refractivity contribution < 1.29 is 9.18 Å². The quantitative estimate of drug-likeness (QED) is 0.821. The molecule has 1 unspecified atom stereocenters. The highest BCUT2D eigenvalue weighted by molar-refractivity contribution is 6.31. The average Bonchev–Trinajstić information content (AvgIpc) is 2.62. The van der Waals surface area contributed by atoms with E-state index in [1.165, 1.54) is 6.07 Å². The van der Waals surface area contributed by atoms with Crippen LogP contribution >= 0.6 is 11.6 Å². The van der Waals surface area contributed by atoms with Gasteiger partial charge in [0.25, 0.3) is 0 Å². The maximum Gasteiger partial charge on any atom is 0.228 e. The number of aryl methyl sites for hydroxylation is 2. The number of rotatable bonds is 4. The van der Waals surface area contributed by atoms with Crippen molar-refractivity contribution in [3.8, 4) is 0 Å². The molecule has 1 aliphatic rings. The van der Waals surface area contributed by atoms with Crippen molar-refractivity contribution in [2.24, 2.45) is 5.92 Å². The molecular formula is C21H24ClFN2O. The number of piperidine rings is 1. The maximum absolute atomic E-state index is 14.0. The molecule has 5 heteroatoms. The lowest BCUT2D eigenvalue weighted by atomic mass is 9.96. The van der Waals surface area contributed by atoms with E-state index in [4.69, 9.17) is 11.6 Å². The van der Waals surface area contributed by atoms with Gasteiger partial charge in [0.1, 0.15) is 5.82 Å². The molecule has 2 aromatic carbocycles. The summed E-state index contributed by atoms with van der Waals surface area (Å²) in [6.07, 6.45) is 1.76. The Bertz CT molecular complexity index is 788. The number of hydrogen-bond acceptors (Lipinski definition) is 2. The van der Waals surface area contributed by atoms with E-state index in [2.05, 4.69) is 10.2 Å². The summed E-state index contributed by atoms with van der Waals surface area (Å²) < 4.78 is 14.0. The molecule has 1 N–H and O–H groups in total. The monoisotopic (exact) mass is 374 g/mol. The maximum atomic E-state index is 14.0. The SMILES string of the molecule is Cc1ccc(C)c(NC(=O)C2CCCN(Cc3c(F)cccc3Cl)C2)c1. The van der Waals surface area contributed by atoms with Gasteiger partial charge in [-0.25, -0.2) is 4.39 Å². The van der Waals surface area contributed by atoms with Gasteiger partial charge >= 0.3 is 0 Å². The van der Waals surface area contributed by atoms with Crippen LogP contribution in [0.25, 0.3) is 0 Å². The molecule has 0 spiro atoms. The van der Waals surface area contributed by atoms with Crippen LogP contribution in [0.2, 0.25) is 5.02 Å². The third kappa shape index (κ3) is 4.43. The van der Waals surface area contributed by atoms with Crippen molar-refractivity contribution in [1.29, 1.82) is 0 Å². The topological polar surface area (TPSA) is 32.3 Å². The van der Waals surface area contributed by atoms with E-state index in [-0.39, 0.29) is 17.6 Å². The first-order valence-corrected chi connectivity index (χ1v) is 9.35. The van der Waals surface area contributed by atoms with Gasteiger partial charge in [-0.1, -0.05) is 29.8 Å². The predicted molar refractivity (Wildman–Crippen MR) is 104 cm³/mol. The summed E-state index contributed by atoms with van der Waals surface area (Å²) in [5.41, 5.74) is 3.54. The van der Waals surface area contributed by atoms with Crippen LogP contribution in [-0.4, -0.2) is 23.9 Å². The third-order valence-corrected chi connectivity index (χ3v) is 5.32.